The number of ketones is 1. The maximum atomic E-state index is 12.5. The van der Waals surface area contributed by atoms with E-state index in [9.17, 15) is 14.7 Å². The molecule has 1 aromatic carbocycles. The Morgan fingerprint density at radius 2 is 1.81 bits per heavy atom. The van der Waals surface area contributed by atoms with Crippen LogP contribution >= 0.6 is 0 Å². The molecule has 1 fully saturated rings. The molecule has 6 nitrogen and oxygen atoms in total. The summed E-state index contributed by atoms with van der Waals surface area (Å²) in [6, 6.07) is 8.89. The molecular weight excluding hydrogens is 464 g/mol. The van der Waals surface area contributed by atoms with Gasteiger partial charge in [0.1, 0.15) is 5.82 Å². The molecule has 0 aliphatic heterocycles. The van der Waals surface area contributed by atoms with Gasteiger partial charge in [-0.05, 0) is 86.1 Å². The van der Waals surface area contributed by atoms with E-state index in [-0.39, 0.29) is 36.5 Å². The summed E-state index contributed by atoms with van der Waals surface area (Å²) < 4.78 is 0. The van der Waals surface area contributed by atoms with Crippen molar-refractivity contribution in [1.29, 1.82) is 0 Å². The van der Waals surface area contributed by atoms with Crippen molar-refractivity contribution in [2.24, 2.45) is 5.92 Å². The van der Waals surface area contributed by atoms with Gasteiger partial charge in [0.15, 0.2) is 17.2 Å². The number of aryl methyl sites for hydroxylation is 1. The number of rotatable bonds is 9. The minimum Gasteiger partial charge on any atom is -0.504 e. The molecule has 1 aromatic heterocycles. The molecule has 0 atom stereocenters. The summed E-state index contributed by atoms with van der Waals surface area (Å²) in [4.78, 5) is 32.1. The third-order valence-corrected chi connectivity index (χ3v) is 7.22. The second kappa shape index (κ2) is 12.5. The molecular formula is C31H34N2O4. The first-order valence-electron chi connectivity index (χ1n) is 13.1. The summed E-state index contributed by atoms with van der Waals surface area (Å²) in [6.07, 6.45) is 16.5. The van der Waals surface area contributed by atoms with Crippen molar-refractivity contribution in [2.75, 3.05) is 0 Å². The number of hydrogen-bond donors (Lipinski definition) is 2. The Balaban J connectivity index is 1.35. The highest BCUT2D eigenvalue weighted by Crippen LogP contribution is 2.37. The molecule has 37 heavy (non-hydrogen) atoms. The van der Waals surface area contributed by atoms with Crippen LogP contribution in [0.25, 0.3) is 5.57 Å². The monoisotopic (exact) mass is 498 g/mol. The summed E-state index contributed by atoms with van der Waals surface area (Å²) >= 11 is 0. The van der Waals surface area contributed by atoms with E-state index in [2.05, 4.69) is 58.2 Å². The van der Waals surface area contributed by atoms with E-state index in [0.717, 1.165) is 37.7 Å². The maximum absolute atomic E-state index is 12.5. The van der Waals surface area contributed by atoms with Gasteiger partial charge >= 0.3 is 5.97 Å². The van der Waals surface area contributed by atoms with E-state index in [1.165, 1.54) is 11.1 Å². The number of Topliss-reactive ketones (excluding diaryl/α,β-unsaturated/α-hetero) is 1. The lowest BCUT2D eigenvalue weighted by Gasteiger charge is -2.28. The minimum atomic E-state index is -0.942. The summed E-state index contributed by atoms with van der Waals surface area (Å²) in [5.74, 6) is 0.0548. The molecule has 2 N–H and O–H groups in total. The summed E-state index contributed by atoms with van der Waals surface area (Å²) in [5, 5.41) is 19.1. The number of benzene rings is 1. The Hall–Kier alpha value is -3.76. The number of carbonyl (C=O) groups is 2. The molecule has 0 saturated heterocycles. The molecule has 2 aromatic rings. The summed E-state index contributed by atoms with van der Waals surface area (Å²) in [5.41, 5.74) is 7.36. The predicted molar refractivity (Wildman–Crippen MR) is 143 cm³/mol. The van der Waals surface area contributed by atoms with Crippen molar-refractivity contribution >= 4 is 17.3 Å². The van der Waals surface area contributed by atoms with E-state index in [1.807, 2.05) is 12.2 Å². The van der Waals surface area contributed by atoms with Crippen molar-refractivity contribution in [3.63, 3.8) is 0 Å². The van der Waals surface area contributed by atoms with Gasteiger partial charge in [0.25, 0.3) is 0 Å². The molecule has 0 radical (unpaired) electrons. The van der Waals surface area contributed by atoms with Crippen LogP contribution in [0.3, 0.4) is 0 Å². The summed E-state index contributed by atoms with van der Waals surface area (Å²) in [7, 11) is 0. The van der Waals surface area contributed by atoms with Crippen LogP contribution < -0.4 is 0 Å². The van der Waals surface area contributed by atoms with E-state index < -0.39 is 5.97 Å². The maximum Gasteiger partial charge on any atom is 0.303 e. The number of aromatic hydroxyl groups is 1. The highest BCUT2D eigenvalue weighted by Gasteiger charge is 2.25. The lowest BCUT2D eigenvalue weighted by atomic mass is 9.77. The number of aliphatic carboxylic acids is 1. The third-order valence-electron chi connectivity index (χ3n) is 7.22. The molecule has 1 saturated carbocycles. The van der Waals surface area contributed by atoms with Gasteiger partial charge in [0.2, 0.25) is 0 Å². The average molecular weight is 499 g/mol. The molecule has 0 amide bonds. The number of carbonyl (C=O) groups excluding carboxylic acids is 1. The number of allylic oxidation sites excluding steroid dienone is 5. The van der Waals surface area contributed by atoms with Gasteiger partial charge in [-0.15, -0.1) is 5.73 Å². The number of carboxylic acid groups (broad SMARTS) is 1. The van der Waals surface area contributed by atoms with Crippen molar-refractivity contribution in [1.82, 2.24) is 9.97 Å². The molecule has 4 rings (SSSR count). The number of aromatic nitrogens is 2. The first kappa shape index (κ1) is 26.3. The zero-order valence-corrected chi connectivity index (χ0v) is 21.3. The zero-order chi connectivity index (χ0) is 26.2. The second-order valence-electron chi connectivity index (χ2n) is 9.94. The summed E-state index contributed by atoms with van der Waals surface area (Å²) in [6.45, 7) is 1.67. The van der Waals surface area contributed by atoms with Crippen LogP contribution in [-0.4, -0.2) is 31.9 Å². The standard InChI is InChI=1S/C31H34N2O4/c1-21-31(37)30(27(34)10-7-11-29(35)36)33-28(32-21)20-22-12-14-24(15-13-22)26-18-16-25(17-19-26)23-8-5-3-2-4-6-9-23/h3-5,8-9,16-19,22,24,37H,2,7,10-15,20H2,1H3,(H,35,36). The second-order valence-corrected chi connectivity index (χ2v) is 9.94. The SMILES string of the molecule is Cc1nc(CC2CCC(c3ccc(C4=CC=CCC=C=C4)cc3)CC2)nc(C(=O)CCCC(=O)O)c1O. The largest absolute Gasteiger partial charge is 0.504 e. The number of nitrogens with zero attached hydrogens (tertiary/aromatic N) is 2. The fourth-order valence-electron chi connectivity index (χ4n) is 5.10. The fraction of sp³-hybridized carbons (Fsp3) is 0.387. The van der Waals surface area contributed by atoms with Crippen molar-refractivity contribution in [2.45, 2.75) is 70.6 Å². The van der Waals surface area contributed by atoms with E-state index in [4.69, 9.17) is 5.11 Å². The number of hydrogen-bond acceptors (Lipinski definition) is 5. The number of carboxylic acids is 1. The molecule has 0 bridgehead atoms. The lowest BCUT2D eigenvalue weighted by molar-refractivity contribution is -0.137. The van der Waals surface area contributed by atoms with Crippen LogP contribution in [-0.2, 0) is 11.2 Å². The lowest BCUT2D eigenvalue weighted by Crippen LogP contribution is -2.18. The van der Waals surface area contributed by atoms with Crippen LogP contribution in [0.4, 0.5) is 0 Å². The quantitative estimate of drug-likeness (QED) is 0.302. The van der Waals surface area contributed by atoms with Gasteiger partial charge in [-0.1, -0.05) is 42.5 Å². The van der Waals surface area contributed by atoms with Gasteiger partial charge in [0, 0.05) is 19.3 Å². The van der Waals surface area contributed by atoms with Gasteiger partial charge in [-0.3, -0.25) is 9.59 Å². The van der Waals surface area contributed by atoms with Crippen LogP contribution in [0.15, 0.2) is 60.4 Å². The smallest absolute Gasteiger partial charge is 0.303 e. The normalized spacial score (nSPS) is 19.2. The van der Waals surface area contributed by atoms with Gasteiger partial charge in [-0.25, -0.2) is 9.97 Å². The van der Waals surface area contributed by atoms with Crippen molar-refractivity contribution in [3.05, 3.63) is 88.7 Å². The average Bonchev–Trinajstić information content (AvgIpc) is 2.86. The Morgan fingerprint density at radius 3 is 2.54 bits per heavy atom. The van der Waals surface area contributed by atoms with Crippen molar-refractivity contribution in [3.8, 4) is 5.75 Å². The Bertz CT molecular complexity index is 1260. The molecule has 0 spiro atoms. The van der Waals surface area contributed by atoms with E-state index >= 15 is 0 Å². The highest BCUT2D eigenvalue weighted by atomic mass is 16.4. The highest BCUT2D eigenvalue weighted by molar-refractivity contribution is 5.97. The Morgan fingerprint density at radius 1 is 1.05 bits per heavy atom. The third kappa shape index (κ3) is 7.14. The molecule has 0 unspecified atom stereocenters. The first-order chi connectivity index (χ1) is 17.9. The topological polar surface area (TPSA) is 100 Å². The minimum absolute atomic E-state index is 0.0156. The van der Waals surface area contributed by atoms with Crippen LogP contribution in [0.5, 0.6) is 5.75 Å². The van der Waals surface area contributed by atoms with Crippen LogP contribution in [0.2, 0.25) is 0 Å². The van der Waals surface area contributed by atoms with Crippen LogP contribution in [0.1, 0.15) is 90.4 Å². The van der Waals surface area contributed by atoms with Crippen LogP contribution in [0, 0.1) is 12.8 Å². The molecule has 6 heteroatoms. The Kier molecular flexibility index (Phi) is 8.86. The molecule has 192 valence electrons. The first-order valence-corrected chi connectivity index (χ1v) is 13.1. The van der Waals surface area contributed by atoms with Gasteiger partial charge in [-0.2, -0.15) is 0 Å². The Labute approximate surface area is 218 Å². The van der Waals surface area contributed by atoms with E-state index in [0.29, 0.717) is 29.8 Å². The molecule has 2 aliphatic carbocycles. The fourth-order valence-corrected chi connectivity index (χ4v) is 5.10. The molecule has 2 aliphatic rings. The van der Waals surface area contributed by atoms with E-state index in [1.54, 1.807) is 6.92 Å². The van der Waals surface area contributed by atoms with Gasteiger partial charge < -0.3 is 10.2 Å². The van der Waals surface area contributed by atoms with Crippen molar-refractivity contribution < 1.29 is 19.8 Å². The molecule has 1 heterocycles. The predicted octanol–water partition coefficient (Wildman–Crippen LogP) is 6.50. The zero-order valence-electron chi connectivity index (χ0n) is 21.3. The van der Waals surface area contributed by atoms with Gasteiger partial charge in [0.05, 0.1) is 5.69 Å².